The number of carbonyl (C=O) groups excluding carboxylic acids is 1. The Morgan fingerprint density at radius 1 is 1.41 bits per heavy atom. The number of hydrogen-bond donors (Lipinski definition) is 3. The monoisotopic (exact) mass is 236 g/mol. The summed E-state index contributed by atoms with van der Waals surface area (Å²) in [4.78, 5) is 21.7. The van der Waals surface area contributed by atoms with Crippen molar-refractivity contribution in [3.63, 3.8) is 0 Å². The van der Waals surface area contributed by atoms with Crippen LogP contribution >= 0.6 is 0 Å². The number of carboxylic acid groups (broad SMARTS) is 1. The van der Waals surface area contributed by atoms with Gasteiger partial charge < -0.3 is 16.2 Å². The first kappa shape index (κ1) is 13.2. The van der Waals surface area contributed by atoms with Crippen molar-refractivity contribution in [3.05, 3.63) is 35.4 Å². The standard InChI is InChI=1S/C12H16N2O3/c1-8-4-2-3-5-9(8)6-7-14-11(15)10(13)12(16)17/h2-5,10H,6-7,13H2,1H3,(H,14,15)(H,16,17). The quantitative estimate of drug-likeness (QED) is 0.630. The first-order valence-corrected chi connectivity index (χ1v) is 5.33. The van der Waals surface area contributed by atoms with Gasteiger partial charge in [-0.25, -0.2) is 4.79 Å². The number of nitrogens with one attached hydrogen (secondary N) is 1. The molecule has 0 radical (unpaired) electrons. The molecule has 0 aliphatic carbocycles. The van der Waals surface area contributed by atoms with E-state index in [1.165, 1.54) is 0 Å². The molecule has 0 spiro atoms. The summed E-state index contributed by atoms with van der Waals surface area (Å²) in [6, 6.07) is 6.33. The minimum Gasteiger partial charge on any atom is -0.480 e. The van der Waals surface area contributed by atoms with Crippen LogP contribution in [0.2, 0.25) is 0 Å². The molecule has 5 heteroatoms. The van der Waals surface area contributed by atoms with Crippen LogP contribution in [0.1, 0.15) is 11.1 Å². The second-order valence-corrected chi connectivity index (χ2v) is 3.78. The first-order valence-electron chi connectivity index (χ1n) is 5.33. The van der Waals surface area contributed by atoms with Crippen LogP contribution in [0.5, 0.6) is 0 Å². The van der Waals surface area contributed by atoms with E-state index in [0.717, 1.165) is 11.1 Å². The van der Waals surface area contributed by atoms with E-state index in [1.54, 1.807) is 0 Å². The average Bonchev–Trinajstić information content (AvgIpc) is 2.30. The summed E-state index contributed by atoms with van der Waals surface area (Å²) in [5.74, 6) is -1.98. The lowest BCUT2D eigenvalue weighted by molar-refractivity contribution is -0.142. The summed E-state index contributed by atoms with van der Waals surface area (Å²) >= 11 is 0. The Morgan fingerprint density at radius 3 is 2.65 bits per heavy atom. The van der Waals surface area contributed by atoms with Gasteiger partial charge in [-0.3, -0.25) is 4.79 Å². The molecule has 0 aromatic heterocycles. The van der Waals surface area contributed by atoms with E-state index in [4.69, 9.17) is 10.8 Å². The van der Waals surface area contributed by atoms with E-state index in [2.05, 4.69) is 5.32 Å². The highest BCUT2D eigenvalue weighted by Gasteiger charge is 2.20. The lowest BCUT2D eigenvalue weighted by Gasteiger charge is -2.09. The number of carboxylic acids is 1. The summed E-state index contributed by atoms with van der Waals surface area (Å²) in [7, 11) is 0. The van der Waals surface area contributed by atoms with Gasteiger partial charge in [0, 0.05) is 6.54 Å². The maximum atomic E-state index is 11.2. The lowest BCUT2D eigenvalue weighted by Crippen LogP contribution is -2.46. The van der Waals surface area contributed by atoms with Crippen LogP contribution in [-0.2, 0) is 16.0 Å². The van der Waals surface area contributed by atoms with Crippen molar-refractivity contribution in [1.29, 1.82) is 0 Å². The van der Waals surface area contributed by atoms with E-state index in [1.807, 2.05) is 31.2 Å². The van der Waals surface area contributed by atoms with Crippen LogP contribution in [0.25, 0.3) is 0 Å². The Morgan fingerprint density at radius 2 is 2.06 bits per heavy atom. The van der Waals surface area contributed by atoms with Gasteiger partial charge in [0.2, 0.25) is 5.91 Å². The van der Waals surface area contributed by atoms with Crippen molar-refractivity contribution >= 4 is 11.9 Å². The lowest BCUT2D eigenvalue weighted by atomic mass is 10.1. The summed E-state index contributed by atoms with van der Waals surface area (Å²) in [6.45, 7) is 2.37. The zero-order chi connectivity index (χ0) is 12.8. The van der Waals surface area contributed by atoms with Crippen LogP contribution in [0.4, 0.5) is 0 Å². The van der Waals surface area contributed by atoms with E-state index in [0.29, 0.717) is 13.0 Å². The minimum atomic E-state index is -1.49. The number of rotatable bonds is 5. The molecule has 0 saturated carbocycles. The van der Waals surface area contributed by atoms with Gasteiger partial charge in [-0.05, 0) is 24.5 Å². The highest BCUT2D eigenvalue weighted by Crippen LogP contribution is 2.06. The van der Waals surface area contributed by atoms with Gasteiger partial charge in [0.05, 0.1) is 0 Å². The number of aryl methyl sites for hydroxylation is 1. The van der Waals surface area contributed by atoms with Crippen molar-refractivity contribution in [3.8, 4) is 0 Å². The number of aliphatic carboxylic acids is 1. The van der Waals surface area contributed by atoms with Gasteiger partial charge in [0.1, 0.15) is 0 Å². The van der Waals surface area contributed by atoms with E-state index in [-0.39, 0.29) is 0 Å². The highest BCUT2D eigenvalue weighted by molar-refractivity contribution is 6.00. The van der Waals surface area contributed by atoms with Crippen molar-refractivity contribution in [1.82, 2.24) is 5.32 Å². The normalized spacial score (nSPS) is 11.9. The number of amides is 1. The molecule has 1 aromatic rings. The predicted molar refractivity (Wildman–Crippen MR) is 63.5 cm³/mol. The fraction of sp³-hybridized carbons (Fsp3) is 0.333. The Labute approximate surface area is 99.6 Å². The van der Waals surface area contributed by atoms with E-state index in [9.17, 15) is 9.59 Å². The number of benzene rings is 1. The zero-order valence-electron chi connectivity index (χ0n) is 9.64. The number of nitrogens with two attached hydrogens (primary N) is 1. The summed E-state index contributed by atoms with van der Waals surface area (Å²) in [5, 5.41) is 11.0. The van der Waals surface area contributed by atoms with Crippen molar-refractivity contribution in [2.24, 2.45) is 5.73 Å². The van der Waals surface area contributed by atoms with E-state index >= 15 is 0 Å². The second-order valence-electron chi connectivity index (χ2n) is 3.78. The molecule has 17 heavy (non-hydrogen) atoms. The third-order valence-corrected chi connectivity index (χ3v) is 2.50. The molecule has 0 heterocycles. The largest absolute Gasteiger partial charge is 0.480 e. The molecule has 1 atom stereocenters. The summed E-state index contributed by atoms with van der Waals surface area (Å²) in [5.41, 5.74) is 7.42. The van der Waals surface area contributed by atoms with Crippen LogP contribution < -0.4 is 11.1 Å². The molecule has 1 unspecified atom stereocenters. The van der Waals surface area contributed by atoms with Gasteiger partial charge in [0.25, 0.3) is 0 Å². The Bertz CT molecular complexity index is 418. The van der Waals surface area contributed by atoms with E-state index < -0.39 is 17.9 Å². The van der Waals surface area contributed by atoms with Crippen LogP contribution in [0.3, 0.4) is 0 Å². The minimum absolute atomic E-state index is 0.380. The molecule has 1 rings (SSSR count). The van der Waals surface area contributed by atoms with Crippen molar-refractivity contribution in [2.75, 3.05) is 6.54 Å². The topological polar surface area (TPSA) is 92.4 Å². The molecule has 1 aromatic carbocycles. The van der Waals surface area contributed by atoms with Gasteiger partial charge in [0.15, 0.2) is 6.04 Å². The molecule has 0 aliphatic rings. The Hall–Kier alpha value is -1.88. The maximum absolute atomic E-state index is 11.2. The van der Waals surface area contributed by atoms with Gasteiger partial charge in [-0.1, -0.05) is 24.3 Å². The summed E-state index contributed by atoms with van der Waals surface area (Å²) < 4.78 is 0. The zero-order valence-corrected chi connectivity index (χ0v) is 9.64. The smallest absolute Gasteiger partial charge is 0.330 e. The SMILES string of the molecule is Cc1ccccc1CCNC(=O)C(N)C(=O)O. The highest BCUT2D eigenvalue weighted by atomic mass is 16.4. The molecule has 92 valence electrons. The molecule has 0 saturated heterocycles. The molecular weight excluding hydrogens is 220 g/mol. The fourth-order valence-electron chi connectivity index (χ4n) is 1.43. The van der Waals surface area contributed by atoms with Gasteiger partial charge >= 0.3 is 5.97 Å². The molecule has 4 N–H and O–H groups in total. The Balaban J connectivity index is 2.41. The van der Waals surface area contributed by atoms with Crippen molar-refractivity contribution < 1.29 is 14.7 Å². The molecule has 5 nitrogen and oxygen atoms in total. The average molecular weight is 236 g/mol. The number of hydrogen-bond acceptors (Lipinski definition) is 3. The van der Waals surface area contributed by atoms with Crippen LogP contribution in [-0.4, -0.2) is 29.6 Å². The fourth-order valence-corrected chi connectivity index (χ4v) is 1.43. The van der Waals surface area contributed by atoms with Crippen molar-refractivity contribution in [2.45, 2.75) is 19.4 Å². The molecule has 0 aliphatic heterocycles. The number of carbonyl (C=O) groups is 2. The molecular formula is C12H16N2O3. The molecule has 0 fully saturated rings. The third kappa shape index (κ3) is 3.88. The summed E-state index contributed by atoms with van der Waals surface area (Å²) in [6.07, 6.45) is 0.657. The third-order valence-electron chi connectivity index (χ3n) is 2.50. The maximum Gasteiger partial charge on any atom is 0.330 e. The molecule has 0 bridgehead atoms. The van der Waals surface area contributed by atoms with Gasteiger partial charge in [-0.15, -0.1) is 0 Å². The van der Waals surface area contributed by atoms with Crippen LogP contribution in [0, 0.1) is 6.92 Å². The Kier molecular flexibility index (Phi) is 4.66. The predicted octanol–water partition coefficient (Wildman–Crippen LogP) is 0.0656. The molecule has 1 amide bonds. The second kappa shape index (κ2) is 6.00. The van der Waals surface area contributed by atoms with Gasteiger partial charge in [-0.2, -0.15) is 0 Å². The van der Waals surface area contributed by atoms with Crippen LogP contribution in [0.15, 0.2) is 24.3 Å². The first-order chi connectivity index (χ1) is 8.02.